The van der Waals surface area contributed by atoms with Crippen LogP contribution in [0.15, 0.2) is 36.4 Å². The van der Waals surface area contributed by atoms with Crippen LogP contribution >= 0.6 is 0 Å². The van der Waals surface area contributed by atoms with E-state index in [1.807, 2.05) is 30.3 Å². The molecule has 1 aliphatic rings. The lowest BCUT2D eigenvalue weighted by atomic mass is 9.94. The molecule has 1 fully saturated rings. The Labute approximate surface area is 110 Å². The van der Waals surface area contributed by atoms with Crippen LogP contribution in [-0.4, -0.2) is 11.5 Å². The Morgan fingerprint density at radius 1 is 1.16 bits per heavy atom. The van der Waals surface area contributed by atoms with Crippen LogP contribution in [0.4, 0.5) is 5.69 Å². The van der Waals surface area contributed by atoms with Gasteiger partial charge in [0.15, 0.2) is 0 Å². The number of hydrogen-bond acceptors (Lipinski definition) is 4. The van der Waals surface area contributed by atoms with Gasteiger partial charge in [-0.2, -0.15) is 0 Å². The maximum atomic E-state index is 11.1. The molecule has 1 heterocycles. The summed E-state index contributed by atoms with van der Waals surface area (Å²) in [6, 6.07) is 11.2. The topological polar surface area (TPSA) is 67.2 Å². The smallest absolute Gasteiger partial charge is 0.258 e. The summed E-state index contributed by atoms with van der Waals surface area (Å²) in [6.07, 6.45) is 2.14. The molecule has 1 atom stereocenters. The summed E-state index contributed by atoms with van der Waals surface area (Å²) < 4.78 is 0. The Bertz CT molecular complexity index is 621. The summed E-state index contributed by atoms with van der Waals surface area (Å²) in [4.78, 5) is 10.8. The molecule has 0 amide bonds. The Balaban J connectivity index is 2.15. The van der Waals surface area contributed by atoms with Gasteiger partial charge in [-0.3, -0.25) is 21.0 Å². The average molecular weight is 257 g/mol. The number of nitro groups is 1. The van der Waals surface area contributed by atoms with Crippen molar-refractivity contribution in [3.8, 4) is 0 Å². The van der Waals surface area contributed by atoms with Gasteiger partial charge in [-0.25, -0.2) is 0 Å². The first-order valence-corrected chi connectivity index (χ1v) is 6.42. The lowest BCUT2D eigenvalue weighted by Gasteiger charge is -2.25. The van der Waals surface area contributed by atoms with Gasteiger partial charge in [0, 0.05) is 18.7 Å². The van der Waals surface area contributed by atoms with E-state index in [4.69, 9.17) is 0 Å². The summed E-state index contributed by atoms with van der Waals surface area (Å²) in [5, 5.41) is 12.7. The van der Waals surface area contributed by atoms with Crippen molar-refractivity contribution in [1.82, 2.24) is 10.9 Å². The molecule has 0 spiro atoms. The van der Waals surface area contributed by atoms with E-state index in [2.05, 4.69) is 10.9 Å². The predicted molar refractivity (Wildman–Crippen MR) is 73.7 cm³/mol. The molecule has 0 aromatic heterocycles. The van der Waals surface area contributed by atoms with Crippen molar-refractivity contribution in [2.45, 2.75) is 18.9 Å². The molecule has 1 saturated heterocycles. The lowest BCUT2D eigenvalue weighted by Crippen LogP contribution is -2.40. The number of nitrogens with one attached hydrogen (secondary N) is 2. The van der Waals surface area contributed by atoms with Gasteiger partial charge in [-0.05, 0) is 35.9 Å². The fourth-order valence-corrected chi connectivity index (χ4v) is 2.66. The fraction of sp³-hybridized carbons (Fsp3) is 0.286. The molecule has 3 rings (SSSR count). The fourth-order valence-electron chi connectivity index (χ4n) is 2.66. The molecule has 19 heavy (non-hydrogen) atoms. The highest BCUT2D eigenvalue weighted by Gasteiger charge is 2.20. The molecule has 5 heteroatoms. The summed E-state index contributed by atoms with van der Waals surface area (Å²) in [6.45, 7) is 0.960. The highest BCUT2D eigenvalue weighted by atomic mass is 16.6. The minimum Gasteiger partial charge on any atom is -0.258 e. The third-order valence-electron chi connectivity index (χ3n) is 3.58. The van der Waals surface area contributed by atoms with Gasteiger partial charge in [-0.15, -0.1) is 0 Å². The first-order chi connectivity index (χ1) is 9.27. The zero-order valence-corrected chi connectivity index (χ0v) is 10.4. The minimum atomic E-state index is -0.321. The zero-order valence-electron chi connectivity index (χ0n) is 10.4. The predicted octanol–water partition coefficient (Wildman–Crippen LogP) is 2.68. The quantitative estimate of drug-likeness (QED) is 0.641. The van der Waals surface area contributed by atoms with Crippen molar-refractivity contribution in [2.75, 3.05) is 6.54 Å². The second kappa shape index (κ2) is 4.95. The normalized spacial score (nSPS) is 19.5. The molecule has 1 aliphatic heterocycles. The summed E-state index contributed by atoms with van der Waals surface area (Å²) in [7, 11) is 0. The molecule has 1 unspecified atom stereocenters. The van der Waals surface area contributed by atoms with Crippen LogP contribution in [-0.2, 0) is 0 Å². The number of hydrogen-bond donors (Lipinski definition) is 2. The number of nitro benzene ring substituents is 1. The van der Waals surface area contributed by atoms with Gasteiger partial charge in [0.2, 0.25) is 0 Å². The first-order valence-electron chi connectivity index (χ1n) is 6.42. The minimum absolute atomic E-state index is 0.170. The van der Waals surface area contributed by atoms with Crippen molar-refractivity contribution in [1.29, 1.82) is 0 Å². The van der Waals surface area contributed by atoms with E-state index in [9.17, 15) is 10.1 Å². The van der Waals surface area contributed by atoms with Gasteiger partial charge >= 0.3 is 0 Å². The molecule has 5 nitrogen and oxygen atoms in total. The van der Waals surface area contributed by atoms with E-state index >= 15 is 0 Å². The molecular formula is C14H15N3O2. The van der Waals surface area contributed by atoms with Crippen LogP contribution in [0.5, 0.6) is 0 Å². The van der Waals surface area contributed by atoms with Crippen molar-refractivity contribution in [2.24, 2.45) is 0 Å². The number of nitrogens with zero attached hydrogens (tertiary/aromatic N) is 1. The molecular weight excluding hydrogens is 242 g/mol. The molecule has 2 N–H and O–H groups in total. The van der Waals surface area contributed by atoms with Crippen LogP contribution in [0.2, 0.25) is 0 Å². The highest BCUT2D eigenvalue weighted by molar-refractivity contribution is 5.93. The molecule has 2 aromatic carbocycles. The first kappa shape index (κ1) is 12.1. The van der Waals surface area contributed by atoms with Gasteiger partial charge < -0.3 is 0 Å². The largest absolute Gasteiger partial charge is 0.277 e. The van der Waals surface area contributed by atoms with E-state index < -0.39 is 0 Å². The van der Waals surface area contributed by atoms with E-state index in [1.54, 1.807) is 6.07 Å². The van der Waals surface area contributed by atoms with E-state index in [0.29, 0.717) is 5.39 Å². The third kappa shape index (κ3) is 2.18. The summed E-state index contributed by atoms with van der Waals surface area (Å²) in [5.41, 5.74) is 7.70. The number of rotatable bonds is 2. The second-order valence-electron chi connectivity index (χ2n) is 4.74. The molecule has 0 radical (unpaired) electrons. The van der Waals surface area contributed by atoms with Crippen LogP contribution in [0, 0.1) is 10.1 Å². The van der Waals surface area contributed by atoms with Gasteiger partial charge in [0.1, 0.15) is 0 Å². The van der Waals surface area contributed by atoms with Crippen molar-refractivity contribution < 1.29 is 4.92 Å². The molecule has 98 valence electrons. The van der Waals surface area contributed by atoms with Crippen LogP contribution in [0.3, 0.4) is 0 Å². The molecule has 2 aromatic rings. The number of hydrazine groups is 1. The standard InChI is InChI=1S/C14H15N3O2/c18-17(19)14-8-7-11(13-6-3-9-15-16-13)10-4-1-2-5-12(10)14/h1-2,4-5,7-8,13,15-16H,3,6,9H2. The molecule has 0 aliphatic carbocycles. The van der Waals surface area contributed by atoms with Gasteiger partial charge in [-0.1, -0.05) is 18.2 Å². The molecule has 0 bridgehead atoms. The maximum Gasteiger partial charge on any atom is 0.277 e. The summed E-state index contributed by atoms with van der Waals surface area (Å²) in [5.74, 6) is 0. The van der Waals surface area contributed by atoms with E-state index in [1.165, 1.54) is 0 Å². The molecule has 0 saturated carbocycles. The second-order valence-corrected chi connectivity index (χ2v) is 4.74. The Morgan fingerprint density at radius 3 is 2.63 bits per heavy atom. The summed E-state index contributed by atoms with van der Waals surface area (Å²) >= 11 is 0. The lowest BCUT2D eigenvalue weighted by molar-refractivity contribution is -0.383. The van der Waals surface area contributed by atoms with Crippen molar-refractivity contribution in [3.63, 3.8) is 0 Å². The number of non-ortho nitro benzene ring substituents is 1. The van der Waals surface area contributed by atoms with E-state index in [0.717, 1.165) is 30.3 Å². The average Bonchev–Trinajstić information content (AvgIpc) is 2.47. The van der Waals surface area contributed by atoms with Crippen LogP contribution < -0.4 is 10.9 Å². The van der Waals surface area contributed by atoms with Crippen LogP contribution in [0.1, 0.15) is 24.4 Å². The van der Waals surface area contributed by atoms with Crippen molar-refractivity contribution in [3.05, 3.63) is 52.1 Å². The Hall–Kier alpha value is -1.98. The Kier molecular flexibility index (Phi) is 3.15. The number of fused-ring (bicyclic) bond motifs is 1. The zero-order chi connectivity index (χ0) is 13.2. The third-order valence-corrected chi connectivity index (χ3v) is 3.58. The number of benzene rings is 2. The SMILES string of the molecule is O=[N+]([O-])c1ccc(C2CCCNN2)c2ccccc12. The Morgan fingerprint density at radius 2 is 1.95 bits per heavy atom. The monoisotopic (exact) mass is 257 g/mol. The van der Waals surface area contributed by atoms with Gasteiger partial charge in [0.05, 0.1) is 10.3 Å². The highest BCUT2D eigenvalue weighted by Crippen LogP contribution is 2.33. The maximum absolute atomic E-state index is 11.1. The van der Waals surface area contributed by atoms with E-state index in [-0.39, 0.29) is 16.7 Å². The van der Waals surface area contributed by atoms with Gasteiger partial charge in [0.25, 0.3) is 5.69 Å². The van der Waals surface area contributed by atoms with Crippen molar-refractivity contribution >= 4 is 16.5 Å². The van der Waals surface area contributed by atoms with Crippen LogP contribution in [0.25, 0.3) is 10.8 Å².